The van der Waals surface area contributed by atoms with Crippen molar-refractivity contribution in [2.24, 2.45) is 11.7 Å². The Labute approximate surface area is 175 Å². The van der Waals surface area contributed by atoms with Gasteiger partial charge in [0.2, 0.25) is 23.6 Å². The van der Waals surface area contributed by atoms with Crippen molar-refractivity contribution in [2.45, 2.75) is 32.7 Å². The van der Waals surface area contributed by atoms with E-state index in [4.69, 9.17) is 21.8 Å². The number of halogens is 1. The highest BCUT2D eigenvalue weighted by Gasteiger charge is 2.28. The first kappa shape index (κ1) is 21.3. The van der Waals surface area contributed by atoms with Gasteiger partial charge < -0.3 is 15.1 Å². The zero-order chi connectivity index (χ0) is 20.8. The van der Waals surface area contributed by atoms with Gasteiger partial charge in [-0.3, -0.25) is 14.5 Å². The first-order valence-corrected chi connectivity index (χ1v) is 10.2. The van der Waals surface area contributed by atoms with Crippen molar-refractivity contribution in [3.63, 3.8) is 0 Å². The maximum absolute atomic E-state index is 12.8. The highest BCUT2D eigenvalue weighted by atomic mass is 35.5. The minimum Gasteiger partial charge on any atom is -0.419 e. The van der Waals surface area contributed by atoms with E-state index in [-0.39, 0.29) is 24.3 Å². The fourth-order valence-electron chi connectivity index (χ4n) is 3.51. The minimum atomic E-state index is -0.342. The Kier molecular flexibility index (Phi) is 7.22. The summed E-state index contributed by atoms with van der Waals surface area (Å²) in [5.41, 5.74) is 6.09. The van der Waals surface area contributed by atoms with Gasteiger partial charge >= 0.3 is 0 Å². The van der Waals surface area contributed by atoms with E-state index in [1.165, 1.54) is 0 Å². The number of likely N-dealkylation sites (tertiary alicyclic amines) is 1. The average molecular weight is 420 g/mol. The van der Waals surface area contributed by atoms with Crippen LogP contribution in [0.1, 0.15) is 32.1 Å². The van der Waals surface area contributed by atoms with Gasteiger partial charge in [0, 0.05) is 13.1 Å². The number of amides is 2. The number of aromatic nitrogens is 2. The van der Waals surface area contributed by atoms with Gasteiger partial charge in [0.05, 0.1) is 29.6 Å². The van der Waals surface area contributed by atoms with Crippen molar-refractivity contribution in [1.29, 1.82) is 0 Å². The zero-order valence-electron chi connectivity index (χ0n) is 16.5. The van der Waals surface area contributed by atoms with Crippen molar-refractivity contribution in [3.05, 3.63) is 35.2 Å². The van der Waals surface area contributed by atoms with Gasteiger partial charge in [-0.15, -0.1) is 10.2 Å². The Morgan fingerprint density at radius 2 is 2.14 bits per heavy atom. The van der Waals surface area contributed by atoms with Crippen molar-refractivity contribution in [2.75, 3.05) is 26.2 Å². The van der Waals surface area contributed by atoms with Crippen LogP contribution in [0, 0.1) is 5.92 Å². The summed E-state index contributed by atoms with van der Waals surface area (Å²) in [6.45, 7) is 4.39. The van der Waals surface area contributed by atoms with E-state index in [1.807, 2.05) is 30.0 Å². The number of hydrogen-bond donors (Lipinski definition) is 1. The predicted molar refractivity (Wildman–Crippen MR) is 109 cm³/mol. The third-order valence-corrected chi connectivity index (χ3v) is 5.33. The summed E-state index contributed by atoms with van der Waals surface area (Å²) >= 11 is 6.19. The van der Waals surface area contributed by atoms with Gasteiger partial charge in [-0.2, -0.15) is 0 Å². The van der Waals surface area contributed by atoms with Gasteiger partial charge in [-0.1, -0.05) is 30.7 Å². The van der Waals surface area contributed by atoms with Crippen molar-refractivity contribution >= 4 is 23.4 Å². The summed E-state index contributed by atoms with van der Waals surface area (Å²) in [6.07, 6.45) is 2.41. The van der Waals surface area contributed by atoms with Crippen molar-refractivity contribution < 1.29 is 14.0 Å². The summed E-state index contributed by atoms with van der Waals surface area (Å²) in [7, 11) is 0. The quantitative estimate of drug-likeness (QED) is 0.703. The van der Waals surface area contributed by atoms with E-state index in [1.54, 1.807) is 11.0 Å². The molecule has 29 heavy (non-hydrogen) atoms. The van der Waals surface area contributed by atoms with Gasteiger partial charge in [-0.05, 0) is 37.9 Å². The average Bonchev–Trinajstić information content (AvgIpc) is 3.16. The van der Waals surface area contributed by atoms with E-state index in [0.717, 1.165) is 19.3 Å². The normalized spacial score (nSPS) is 16.9. The Bertz CT molecular complexity index is 856. The molecule has 1 aromatic carbocycles. The molecule has 2 N–H and O–H groups in total. The Hall–Kier alpha value is -2.45. The third-order valence-electron chi connectivity index (χ3n) is 5.01. The van der Waals surface area contributed by atoms with E-state index in [2.05, 4.69) is 10.2 Å². The maximum Gasteiger partial charge on any atom is 0.249 e. The fourth-order valence-corrected chi connectivity index (χ4v) is 3.73. The van der Waals surface area contributed by atoms with Crippen LogP contribution in [0.25, 0.3) is 11.5 Å². The highest BCUT2D eigenvalue weighted by molar-refractivity contribution is 6.33. The summed E-state index contributed by atoms with van der Waals surface area (Å²) in [5, 5.41) is 8.73. The van der Waals surface area contributed by atoms with E-state index >= 15 is 0 Å². The molecule has 1 unspecified atom stereocenters. The number of nitrogens with two attached hydrogens (primary N) is 1. The molecule has 1 aromatic heterocycles. The molecule has 0 bridgehead atoms. The largest absolute Gasteiger partial charge is 0.419 e. The van der Waals surface area contributed by atoms with Crippen LogP contribution in [0.5, 0.6) is 0 Å². The second-order valence-corrected chi connectivity index (χ2v) is 7.68. The number of nitrogens with zero attached hydrogens (tertiary/aromatic N) is 4. The molecule has 156 valence electrons. The molecular formula is C20H26ClN5O3. The second-order valence-electron chi connectivity index (χ2n) is 7.27. The SMILES string of the molecule is CCCN(CC(=O)N1CCCC(C(N)=O)C1)Cc1nnc(-c2ccccc2Cl)o1. The minimum absolute atomic E-state index is 0.0183. The van der Waals surface area contributed by atoms with Crippen LogP contribution < -0.4 is 5.73 Å². The molecule has 0 radical (unpaired) electrons. The fraction of sp³-hybridized carbons (Fsp3) is 0.500. The Morgan fingerprint density at radius 3 is 2.86 bits per heavy atom. The lowest BCUT2D eigenvalue weighted by Crippen LogP contribution is -2.47. The summed E-state index contributed by atoms with van der Waals surface area (Å²) < 4.78 is 5.77. The molecule has 0 aliphatic carbocycles. The molecule has 1 saturated heterocycles. The van der Waals surface area contributed by atoms with Crippen molar-refractivity contribution in [3.8, 4) is 11.5 Å². The lowest BCUT2D eigenvalue weighted by molar-refractivity contribution is -0.136. The molecule has 1 aliphatic heterocycles. The summed E-state index contributed by atoms with van der Waals surface area (Å²) in [5.74, 6) is 0.158. The van der Waals surface area contributed by atoms with Gasteiger partial charge in [0.15, 0.2) is 0 Å². The Balaban J connectivity index is 1.64. The van der Waals surface area contributed by atoms with Crippen LogP contribution in [0.15, 0.2) is 28.7 Å². The first-order valence-electron chi connectivity index (χ1n) is 9.84. The number of primary amides is 1. The molecule has 9 heteroatoms. The molecule has 2 heterocycles. The van der Waals surface area contributed by atoms with Crippen LogP contribution in [0.4, 0.5) is 0 Å². The molecule has 2 aromatic rings. The van der Waals surface area contributed by atoms with E-state index in [9.17, 15) is 9.59 Å². The lowest BCUT2D eigenvalue weighted by atomic mass is 9.97. The van der Waals surface area contributed by atoms with Gasteiger partial charge in [0.1, 0.15) is 0 Å². The zero-order valence-corrected chi connectivity index (χ0v) is 17.3. The number of benzene rings is 1. The first-order chi connectivity index (χ1) is 14.0. The smallest absolute Gasteiger partial charge is 0.249 e. The topological polar surface area (TPSA) is 106 Å². The summed E-state index contributed by atoms with van der Waals surface area (Å²) in [4.78, 5) is 27.9. The molecule has 1 fully saturated rings. The van der Waals surface area contributed by atoms with Crippen LogP contribution in [-0.2, 0) is 16.1 Å². The molecule has 0 saturated carbocycles. The van der Waals surface area contributed by atoms with Crippen molar-refractivity contribution in [1.82, 2.24) is 20.0 Å². The number of carbonyl (C=O) groups is 2. The molecule has 2 amide bonds. The van der Waals surface area contributed by atoms with E-state index in [0.29, 0.717) is 48.5 Å². The standard InChI is InChI=1S/C20H26ClN5O3/c1-2-9-25(13-18(27)26-10-5-6-14(11-26)19(22)28)12-17-23-24-20(29-17)15-7-3-4-8-16(15)21/h3-4,7-8,14H,2,5-6,9-13H2,1H3,(H2,22,28). The molecule has 1 atom stereocenters. The van der Waals surface area contributed by atoms with Gasteiger partial charge in [-0.25, -0.2) is 0 Å². The van der Waals surface area contributed by atoms with E-state index < -0.39 is 0 Å². The number of piperidine rings is 1. The number of hydrogen-bond acceptors (Lipinski definition) is 6. The van der Waals surface area contributed by atoms with Crippen LogP contribution in [-0.4, -0.2) is 58.0 Å². The second kappa shape index (κ2) is 9.84. The number of rotatable bonds is 8. The highest BCUT2D eigenvalue weighted by Crippen LogP contribution is 2.26. The Morgan fingerprint density at radius 1 is 1.34 bits per heavy atom. The number of carbonyl (C=O) groups excluding carboxylic acids is 2. The van der Waals surface area contributed by atoms with Crippen LogP contribution in [0.2, 0.25) is 5.02 Å². The molecule has 0 spiro atoms. The molecular weight excluding hydrogens is 394 g/mol. The third kappa shape index (κ3) is 5.55. The van der Waals surface area contributed by atoms with Crippen LogP contribution >= 0.6 is 11.6 Å². The van der Waals surface area contributed by atoms with Gasteiger partial charge in [0.25, 0.3) is 0 Å². The maximum atomic E-state index is 12.8. The van der Waals surface area contributed by atoms with Crippen LogP contribution in [0.3, 0.4) is 0 Å². The molecule has 1 aliphatic rings. The lowest BCUT2D eigenvalue weighted by Gasteiger charge is -2.32. The molecule has 8 nitrogen and oxygen atoms in total. The molecule has 3 rings (SSSR count). The predicted octanol–water partition coefficient (Wildman–Crippen LogP) is 2.33. The summed E-state index contributed by atoms with van der Waals surface area (Å²) in [6, 6.07) is 7.27. The monoisotopic (exact) mass is 419 g/mol.